The smallest absolute Gasteiger partial charge is 0.254 e. The van der Waals surface area contributed by atoms with Crippen LogP contribution in [0, 0.1) is 23.7 Å². The molecular weight excluding hydrogens is 440 g/mol. The first kappa shape index (κ1) is 16.0. The molecule has 0 aromatic heterocycles. The number of halogens is 2. The van der Waals surface area contributed by atoms with Crippen molar-refractivity contribution in [2.24, 2.45) is 28.8 Å². The zero-order valence-corrected chi connectivity index (χ0v) is 15.7. The molecule has 4 unspecified atom stereocenters. The summed E-state index contributed by atoms with van der Waals surface area (Å²) in [5.74, 6) is -0.487. The average molecular weight is 454 g/mol. The number of hydrazone groups is 1. The summed E-state index contributed by atoms with van der Waals surface area (Å²) in [5.41, 5.74) is 0.670. The molecular formula is C17H14Br2N2O3. The van der Waals surface area contributed by atoms with Crippen molar-refractivity contribution in [3.8, 4) is 5.75 Å². The molecule has 4 aliphatic rings. The van der Waals surface area contributed by atoms with Gasteiger partial charge in [0.15, 0.2) is 0 Å². The second-order valence-electron chi connectivity index (χ2n) is 6.41. The maximum Gasteiger partial charge on any atom is 0.254 e. The molecule has 1 aromatic rings. The fourth-order valence-electron chi connectivity index (χ4n) is 3.96. The van der Waals surface area contributed by atoms with Crippen molar-refractivity contribution in [2.45, 2.75) is 12.8 Å². The lowest BCUT2D eigenvalue weighted by atomic mass is 9.63. The van der Waals surface area contributed by atoms with Crippen molar-refractivity contribution in [1.82, 2.24) is 5.01 Å². The van der Waals surface area contributed by atoms with E-state index in [0.717, 1.165) is 17.9 Å². The fraction of sp³-hybridized carbons (Fsp3) is 0.353. The molecule has 5 rings (SSSR count). The predicted octanol–water partition coefficient (Wildman–Crippen LogP) is 3.45. The van der Waals surface area contributed by atoms with Gasteiger partial charge in [0.05, 0.1) is 27.0 Å². The summed E-state index contributed by atoms with van der Waals surface area (Å²) in [5, 5.41) is 14.9. The fourth-order valence-corrected chi connectivity index (χ4v) is 5.18. The van der Waals surface area contributed by atoms with E-state index in [-0.39, 0.29) is 41.2 Å². The summed E-state index contributed by atoms with van der Waals surface area (Å²) in [6.45, 7) is 0. The van der Waals surface area contributed by atoms with Gasteiger partial charge >= 0.3 is 0 Å². The Bertz CT molecular complexity index is 750. The summed E-state index contributed by atoms with van der Waals surface area (Å²) in [6.07, 6.45) is 7.58. The Morgan fingerprint density at radius 3 is 2.00 bits per heavy atom. The number of rotatable bonds is 2. The van der Waals surface area contributed by atoms with E-state index in [9.17, 15) is 14.7 Å². The van der Waals surface area contributed by atoms with E-state index in [1.54, 1.807) is 12.1 Å². The number of nitrogens with zero attached hydrogens (tertiary/aromatic N) is 2. The van der Waals surface area contributed by atoms with Gasteiger partial charge in [0.2, 0.25) is 0 Å². The SMILES string of the molecule is O=C1C2C3C=CC(CC3)C2C(=O)N1N=Cc1cc(Br)c(O)c(Br)c1. The third-order valence-corrected chi connectivity index (χ3v) is 6.31. The van der Waals surface area contributed by atoms with Gasteiger partial charge < -0.3 is 5.11 Å². The van der Waals surface area contributed by atoms with Crippen LogP contribution in [0.25, 0.3) is 0 Å². The van der Waals surface area contributed by atoms with Gasteiger partial charge in [-0.2, -0.15) is 10.1 Å². The van der Waals surface area contributed by atoms with Crippen LogP contribution in [0.3, 0.4) is 0 Å². The number of phenols is 1. The van der Waals surface area contributed by atoms with Crippen LogP contribution < -0.4 is 0 Å². The van der Waals surface area contributed by atoms with E-state index in [1.165, 1.54) is 6.21 Å². The van der Waals surface area contributed by atoms with Crippen LogP contribution in [0.1, 0.15) is 18.4 Å². The molecule has 1 saturated carbocycles. The number of aromatic hydroxyl groups is 1. The molecule has 7 heteroatoms. The number of allylic oxidation sites excluding steroid dienone is 2. The van der Waals surface area contributed by atoms with E-state index in [2.05, 4.69) is 49.1 Å². The number of hydrogen-bond acceptors (Lipinski definition) is 4. The summed E-state index contributed by atoms with van der Waals surface area (Å²) < 4.78 is 1.02. The molecule has 5 nitrogen and oxygen atoms in total. The van der Waals surface area contributed by atoms with Crippen molar-refractivity contribution in [3.05, 3.63) is 38.8 Å². The lowest BCUT2D eigenvalue weighted by Crippen LogP contribution is -2.38. The van der Waals surface area contributed by atoms with E-state index < -0.39 is 0 Å². The molecule has 2 bridgehead atoms. The van der Waals surface area contributed by atoms with Crippen LogP contribution in [0.2, 0.25) is 0 Å². The van der Waals surface area contributed by atoms with Gasteiger partial charge in [-0.15, -0.1) is 0 Å². The summed E-state index contributed by atoms with van der Waals surface area (Å²) >= 11 is 6.50. The van der Waals surface area contributed by atoms with Gasteiger partial charge in [0.1, 0.15) is 5.75 Å². The first-order valence-corrected chi connectivity index (χ1v) is 9.34. The van der Waals surface area contributed by atoms with Crippen LogP contribution in [0.5, 0.6) is 5.75 Å². The van der Waals surface area contributed by atoms with Gasteiger partial charge in [-0.25, -0.2) is 0 Å². The number of hydrogen-bond donors (Lipinski definition) is 1. The van der Waals surface area contributed by atoms with Gasteiger partial charge in [-0.1, -0.05) is 12.2 Å². The lowest BCUT2D eigenvalue weighted by molar-refractivity contribution is -0.140. The monoisotopic (exact) mass is 452 g/mol. The van der Waals surface area contributed by atoms with Gasteiger partial charge in [-0.05, 0) is 74.2 Å². The predicted molar refractivity (Wildman–Crippen MR) is 95.3 cm³/mol. The van der Waals surface area contributed by atoms with Gasteiger partial charge in [-0.3, -0.25) is 9.59 Å². The molecule has 2 fully saturated rings. The summed E-state index contributed by atoms with van der Waals surface area (Å²) in [4.78, 5) is 25.3. The number of fused-ring (bicyclic) bond motifs is 1. The molecule has 1 N–H and O–H groups in total. The molecule has 1 aromatic carbocycles. The van der Waals surface area contributed by atoms with Crippen LogP contribution in [0.4, 0.5) is 0 Å². The maximum atomic E-state index is 12.6. The zero-order valence-electron chi connectivity index (χ0n) is 12.5. The topological polar surface area (TPSA) is 70.0 Å². The highest BCUT2D eigenvalue weighted by atomic mass is 79.9. The van der Waals surface area contributed by atoms with E-state index in [0.29, 0.717) is 14.5 Å². The zero-order chi connectivity index (χ0) is 17.0. The molecule has 1 aliphatic heterocycles. The molecule has 1 saturated heterocycles. The molecule has 1 heterocycles. The second-order valence-corrected chi connectivity index (χ2v) is 8.12. The Morgan fingerprint density at radius 1 is 1.04 bits per heavy atom. The molecule has 0 spiro atoms. The molecule has 3 aliphatic carbocycles. The molecule has 4 atom stereocenters. The third kappa shape index (κ3) is 2.37. The van der Waals surface area contributed by atoms with E-state index in [1.807, 2.05) is 0 Å². The Hall–Kier alpha value is -1.47. The first-order valence-electron chi connectivity index (χ1n) is 7.75. The number of imide groups is 1. The standard InChI is InChI=1S/C17H14Br2N2O3/c18-11-5-8(6-12(19)15(11)22)7-20-21-16(23)13-9-1-2-10(4-3-9)14(13)17(21)24/h1-2,5-7,9-10,13-14,22H,3-4H2. The number of phenolic OH excluding ortho intramolecular Hbond substituents is 1. The Labute approximate surface area is 155 Å². The second kappa shape index (κ2) is 5.81. The lowest BCUT2D eigenvalue weighted by Gasteiger charge is -2.37. The number of carbonyl (C=O) groups is 2. The minimum Gasteiger partial charge on any atom is -0.506 e. The molecule has 0 radical (unpaired) electrons. The quantitative estimate of drug-likeness (QED) is 0.423. The third-order valence-electron chi connectivity index (χ3n) is 5.10. The highest BCUT2D eigenvalue weighted by Gasteiger charge is 2.56. The normalized spacial score (nSPS) is 31.3. The van der Waals surface area contributed by atoms with Crippen molar-refractivity contribution >= 4 is 49.9 Å². The number of benzene rings is 1. The summed E-state index contributed by atoms with van der Waals surface area (Å²) in [7, 11) is 0. The van der Waals surface area contributed by atoms with Crippen molar-refractivity contribution < 1.29 is 14.7 Å². The Balaban J connectivity index is 1.62. The van der Waals surface area contributed by atoms with Crippen molar-refractivity contribution in [1.29, 1.82) is 0 Å². The largest absolute Gasteiger partial charge is 0.506 e. The van der Waals surface area contributed by atoms with Crippen molar-refractivity contribution in [3.63, 3.8) is 0 Å². The van der Waals surface area contributed by atoms with E-state index in [4.69, 9.17) is 0 Å². The van der Waals surface area contributed by atoms with Gasteiger partial charge in [0, 0.05) is 0 Å². The Morgan fingerprint density at radius 2 is 1.54 bits per heavy atom. The van der Waals surface area contributed by atoms with Crippen LogP contribution in [0.15, 0.2) is 38.3 Å². The van der Waals surface area contributed by atoms with Gasteiger partial charge in [0.25, 0.3) is 11.8 Å². The maximum absolute atomic E-state index is 12.6. The molecule has 124 valence electrons. The molecule has 24 heavy (non-hydrogen) atoms. The van der Waals surface area contributed by atoms with Crippen LogP contribution >= 0.6 is 31.9 Å². The number of amides is 2. The van der Waals surface area contributed by atoms with Crippen LogP contribution in [-0.4, -0.2) is 28.1 Å². The molecule has 2 amide bonds. The number of carbonyl (C=O) groups excluding carboxylic acids is 2. The first-order chi connectivity index (χ1) is 11.5. The highest BCUT2D eigenvalue weighted by molar-refractivity contribution is 9.11. The van der Waals surface area contributed by atoms with Crippen LogP contribution in [-0.2, 0) is 9.59 Å². The minimum absolute atomic E-state index is 0.0918. The van der Waals surface area contributed by atoms with E-state index >= 15 is 0 Å². The highest BCUT2D eigenvalue weighted by Crippen LogP contribution is 2.49. The summed E-state index contributed by atoms with van der Waals surface area (Å²) in [6, 6.07) is 3.35. The average Bonchev–Trinajstić information content (AvgIpc) is 2.85. The minimum atomic E-state index is -0.253. The Kier molecular flexibility index (Phi) is 3.88. The van der Waals surface area contributed by atoms with Crippen molar-refractivity contribution in [2.75, 3.05) is 0 Å².